The zero-order chi connectivity index (χ0) is 22.8. The van der Waals surface area contributed by atoms with Gasteiger partial charge in [0, 0.05) is 29.3 Å². The van der Waals surface area contributed by atoms with E-state index in [0.29, 0.717) is 41.9 Å². The fraction of sp³-hybridized carbons (Fsp3) is 0.333. The zero-order valence-electron chi connectivity index (χ0n) is 18.7. The molecule has 1 aliphatic carbocycles. The molecule has 0 saturated heterocycles. The van der Waals surface area contributed by atoms with Crippen molar-refractivity contribution in [3.63, 3.8) is 0 Å². The number of halogens is 1. The van der Waals surface area contributed by atoms with Crippen molar-refractivity contribution >= 4 is 11.8 Å². The van der Waals surface area contributed by atoms with Crippen LogP contribution in [0, 0.1) is 11.7 Å². The molecule has 166 valence electrons. The molecule has 1 aliphatic heterocycles. The van der Waals surface area contributed by atoms with Gasteiger partial charge in [-0.05, 0) is 48.4 Å². The second-order valence-corrected chi connectivity index (χ2v) is 8.97. The van der Waals surface area contributed by atoms with Gasteiger partial charge in [0.1, 0.15) is 5.82 Å². The molecule has 2 aromatic carbocycles. The number of benzene rings is 2. The van der Waals surface area contributed by atoms with Crippen LogP contribution in [-0.2, 0) is 14.3 Å². The van der Waals surface area contributed by atoms with Crippen LogP contribution in [0.4, 0.5) is 4.39 Å². The van der Waals surface area contributed by atoms with Crippen LogP contribution in [0.15, 0.2) is 77.1 Å². The van der Waals surface area contributed by atoms with Gasteiger partial charge in [-0.1, -0.05) is 56.3 Å². The summed E-state index contributed by atoms with van der Waals surface area (Å²) in [5.74, 6) is -1.10. The number of dihydropyridines is 1. The molecule has 2 atom stereocenters. The highest BCUT2D eigenvalue weighted by Crippen LogP contribution is 2.45. The van der Waals surface area contributed by atoms with E-state index >= 15 is 0 Å². The molecule has 2 aromatic rings. The number of allylic oxidation sites excluding steroid dienone is 3. The molecule has 5 heteroatoms. The van der Waals surface area contributed by atoms with Crippen LogP contribution < -0.4 is 5.32 Å². The fourth-order valence-electron chi connectivity index (χ4n) is 4.58. The Balaban J connectivity index is 1.76. The van der Waals surface area contributed by atoms with Crippen LogP contribution in [0.1, 0.15) is 56.6 Å². The summed E-state index contributed by atoms with van der Waals surface area (Å²) < 4.78 is 19.2. The summed E-state index contributed by atoms with van der Waals surface area (Å²) >= 11 is 0. The summed E-state index contributed by atoms with van der Waals surface area (Å²) in [6, 6.07) is 16.0. The molecule has 0 spiro atoms. The molecule has 32 heavy (non-hydrogen) atoms. The lowest BCUT2D eigenvalue weighted by Gasteiger charge is -2.36. The van der Waals surface area contributed by atoms with E-state index in [1.807, 2.05) is 51.1 Å². The summed E-state index contributed by atoms with van der Waals surface area (Å²) in [4.78, 5) is 26.6. The van der Waals surface area contributed by atoms with E-state index in [1.165, 1.54) is 12.1 Å². The van der Waals surface area contributed by atoms with Gasteiger partial charge in [0.05, 0.1) is 12.2 Å². The van der Waals surface area contributed by atoms with Crippen molar-refractivity contribution in [2.45, 2.75) is 45.4 Å². The van der Waals surface area contributed by atoms with Gasteiger partial charge in [-0.2, -0.15) is 0 Å². The molecule has 4 rings (SSSR count). The Morgan fingerprint density at radius 3 is 2.41 bits per heavy atom. The first-order valence-corrected chi connectivity index (χ1v) is 11.1. The third kappa shape index (κ3) is 4.38. The van der Waals surface area contributed by atoms with Crippen molar-refractivity contribution in [3.05, 3.63) is 94.1 Å². The molecule has 0 aromatic heterocycles. The van der Waals surface area contributed by atoms with Crippen molar-refractivity contribution in [1.82, 2.24) is 5.32 Å². The molecule has 1 N–H and O–H groups in total. The topological polar surface area (TPSA) is 55.4 Å². The Bertz CT molecular complexity index is 1080. The lowest BCUT2D eigenvalue weighted by atomic mass is 9.72. The molecule has 0 amide bonds. The van der Waals surface area contributed by atoms with Gasteiger partial charge in [-0.3, -0.25) is 4.79 Å². The molecule has 1 heterocycles. The molecule has 0 unspecified atom stereocenters. The predicted molar refractivity (Wildman–Crippen MR) is 121 cm³/mol. The van der Waals surface area contributed by atoms with Crippen LogP contribution in [0.3, 0.4) is 0 Å². The molecule has 2 aliphatic rings. The molecule has 0 saturated carbocycles. The molecular formula is C27H28FNO3. The SMILES string of the molecule is CC1=C(C(=O)OCC(C)C)[C@@H](c2ccc(F)cc2)C2=C(C[C@@H](c3ccccc3)CC2=O)N1. The molecular weight excluding hydrogens is 405 g/mol. The van der Waals surface area contributed by atoms with Crippen molar-refractivity contribution < 1.29 is 18.7 Å². The highest BCUT2D eigenvalue weighted by molar-refractivity contribution is 6.04. The Morgan fingerprint density at radius 1 is 1.06 bits per heavy atom. The van der Waals surface area contributed by atoms with Gasteiger partial charge in [0.15, 0.2) is 5.78 Å². The van der Waals surface area contributed by atoms with E-state index in [9.17, 15) is 14.0 Å². The number of esters is 1. The Morgan fingerprint density at radius 2 is 1.75 bits per heavy atom. The van der Waals surface area contributed by atoms with Crippen LogP contribution in [0.2, 0.25) is 0 Å². The van der Waals surface area contributed by atoms with Crippen LogP contribution >= 0.6 is 0 Å². The monoisotopic (exact) mass is 433 g/mol. The van der Waals surface area contributed by atoms with Gasteiger partial charge < -0.3 is 10.1 Å². The first kappa shape index (κ1) is 22.0. The number of nitrogens with one attached hydrogen (secondary N) is 1. The molecule has 0 radical (unpaired) electrons. The summed E-state index contributed by atoms with van der Waals surface area (Å²) in [6.45, 7) is 6.07. The minimum Gasteiger partial charge on any atom is -0.462 e. The van der Waals surface area contributed by atoms with Gasteiger partial charge in [0.2, 0.25) is 0 Å². The van der Waals surface area contributed by atoms with E-state index in [2.05, 4.69) is 5.32 Å². The number of rotatable bonds is 5. The maximum Gasteiger partial charge on any atom is 0.336 e. The standard InChI is InChI=1S/C27H28FNO3/c1-16(2)15-32-27(31)24-17(3)29-22-13-20(18-7-5-4-6-8-18)14-23(30)26(22)25(24)19-9-11-21(28)12-10-19/h4-12,16,20,25,29H,13-15H2,1-3H3/t20-,25-/m1/s1. The minimum absolute atomic E-state index is 0.00332. The van der Waals surface area contributed by atoms with Gasteiger partial charge >= 0.3 is 5.97 Å². The lowest BCUT2D eigenvalue weighted by molar-refractivity contribution is -0.140. The Hall–Kier alpha value is -3.21. The number of Topliss-reactive ketones (excluding diaryl/α,β-unsaturated/α-hetero) is 1. The van der Waals surface area contributed by atoms with E-state index in [1.54, 1.807) is 12.1 Å². The number of hydrogen-bond donors (Lipinski definition) is 1. The molecule has 0 fully saturated rings. The van der Waals surface area contributed by atoms with E-state index in [0.717, 1.165) is 11.3 Å². The number of ether oxygens (including phenoxy) is 1. The first-order valence-electron chi connectivity index (χ1n) is 11.1. The summed E-state index contributed by atoms with van der Waals surface area (Å²) in [5.41, 5.74) is 4.35. The quantitative estimate of drug-likeness (QED) is 0.643. The third-order valence-corrected chi connectivity index (χ3v) is 6.07. The van der Waals surface area contributed by atoms with Gasteiger partial charge in [0.25, 0.3) is 0 Å². The minimum atomic E-state index is -0.573. The molecule has 4 nitrogen and oxygen atoms in total. The smallest absolute Gasteiger partial charge is 0.336 e. The highest BCUT2D eigenvalue weighted by atomic mass is 19.1. The van der Waals surface area contributed by atoms with Crippen molar-refractivity contribution in [2.24, 2.45) is 5.92 Å². The predicted octanol–water partition coefficient (Wildman–Crippen LogP) is 5.39. The normalized spacial score (nSPS) is 20.8. The van der Waals surface area contributed by atoms with E-state index in [-0.39, 0.29) is 23.4 Å². The Kier molecular flexibility index (Phi) is 6.26. The van der Waals surface area contributed by atoms with Crippen molar-refractivity contribution in [1.29, 1.82) is 0 Å². The van der Waals surface area contributed by atoms with Gasteiger partial charge in [-0.15, -0.1) is 0 Å². The number of carbonyl (C=O) groups is 2. The summed E-state index contributed by atoms with van der Waals surface area (Å²) in [6.07, 6.45) is 1.05. The van der Waals surface area contributed by atoms with E-state index in [4.69, 9.17) is 4.74 Å². The van der Waals surface area contributed by atoms with E-state index < -0.39 is 11.9 Å². The fourth-order valence-corrected chi connectivity index (χ4v) is 4.58. The number of hydrogen-bond acceptors (Lipinski definition) is 4. The van der Waals surface area contributed by atoms with Crippen LogP contribution in [-0.4, -0.2) is 18.4 Å². The molecule has 0 bridgehead atoms. The van der Waals surface area contributed by atoms with Crippen LogP contribution in [0.25, 0.3) is 0 Å². The number of ketones is 1. The number of carbonyl (C=O) groups excluding carboxylic acids is 2. The maximum atomic E-state index is 13.6. The van der Waals surface area contributed by atoms with Crippen LogP contribution in [0.5, 0.6) is 0 Å². The zero-order valence-corrected chi connectivity index (χ0v) is 18.7. The largest absolute Gasteiger partial charge is 0.462 e. The summed E-state index contributed by atoms with van der Waals surface area (Å²) in [5, 5.41) is 3.34. The average Bonchev–Trinajstić information content (AvgIpc) is 2.77. The first-order chi connectivity index (χ1) is 15.3. The Labute approximate surface area is 188 Å². The van der Waals surface area contributed by atoms with Crippen molar-refractivity contribution in [2.75, 3.05) is 6.61 Å². The average molecular weight is 434 g/mol. The van der Waals surface area contributed by atoms with Gasteiger partial charge in [-0.25, -0.2) is 9.18 Å². The second-order valence-electron chi connectivity index (χ2n) is 8.97. The summed E-state index contributed by atoms with van der Waals surface area (Å²) in [7, 11) is 0. The maximum absolute atomic E-state index is 13.6. The third-order valence-electron chi connectivity index (χ3n) is 6.07. The second kappa shape index (κ2) is 9.11. The lowest BCUT2D eigenvalue weighted by Crippen LogP contribution is -2.36. The van der Waals surface area contributed by atoms with Crippen molar-refractivity contribution in [3.8, 4) is 0 Å². The highest BCUT2D eigenvalue weighted by Gasteiger charge is 2.41.